The molecular formula is C35H41N7O3. The molecule has 4 aromatic rings. The van der Waals surface area contributed by atoms with E-state index in [1.165, 1.54) is 14.9 Å². The second-order valence-electron chi connectivity index (χ2n) is 13.1. The summed E-state index contributed by atoms with van der Waals surface area (Å²) in [6, 6.07) is 12.9. The van der Waals surface area contributed by atoms with Crippen LogP contribution < -0.4 is 21.8 Å². The van der Waals surface area contributed by atoms with Crippen molar-refractivity contribution in [2.75, 3.05) is 32.0 Å². The van der Waals surface area contributed by atoms with E-state index < -0.39 is 0 Å². The van der Waals surface area contributed by atoms with E-state index in [2.05, 4.69) is 59.6 Å². The van der Waals surface area contributed by atoms with E-state index in [1.54, 1.807) is 31.4 Å². The molecule has 10 nitrogen and oxygen atoms in total. The summed E-state index contributed by atoms with van der Waals surface area (Å²) in [7, 11) is 3.76. The van der Waals surface area contributed by atoms with E-state index >= 15 is 0 Å². The number of allylic oxidation sites excluding steroid dienone is 2. The Hall–Kier alpha value is -4.54. The van der Waals surface area contributed by atoms with E-state index in [1.807, 2.05) is 30.3 Å². The van der Waals surface area contributed by atoms with E-state index in [0.29, 0.717) is 39.5 Å². The van der Waals surface area contributed by atoms with Crippen LogP contribution in [0.4, 0.5) is 5.69 Å². The van der Waals surface area contributed by atoms with Crippen molar-refractivity contribution in [3.05, 3.63) is 104 Å². The number of nitrogens with one attached hydrogen (secondary N) is 2. The Labute approximate surface area is 262 Å². The van der Waals surface area contributed by atoms with Crippen LogP contribution in [0.5, 0.6) is 0 Å². The fraction of sp³-hybridized carbons (Fsp3) is 0.371. The normalized spacial score (nSPS) is 16.3. The molecule has 1 fully saturated rings. The second kappa shape index (κ2) is 12.1. The number of aliphatic hydroxyl groups excluding tert-OH is 1. The number of aliphatic hydroxyl groups is 1. The number of aromatic nitrogens is 4. The zero-order valence-corrected chi connectivity index (χ0v) is 26.6. The van der Waals surface area contributed by atoms with Gasteiger partial charge in [-0.05, 0) is 85.8 Å². The number of dihydropyridines is 1. The molecule has 1 saturated heterocycles. The molecule has 0 aliphatic carbocycles. The molecule has 45 heavy (non-hydrogen) atoms. The molecule has 10 heteroatoms. The van der Waals surface area contributed by atoms with Gasteiger partial charge >= 0.3 is 0 Å². The molecule has 0 bridgehead atoms. The lowest BCUT2D eigenvalue weighted by molar-refractivity contribution is 0.236. The largest absolute Gasteiger partial charge is 0.392 e. The van der Waals surface area contributed by atoms with E-state index in [9.17, 15) is 14.7 Å². The molecule has 2 aromatic carbocycles. The first-order valence-electron chi connectivity index (χ1n) is 15.5. The number of rotatable bonds is 6. The Morgan fingerprint density at radius 1 is 1.02 bits per heavy atom. The van der Waals surface area contributed by atoms with E-state index in [-0.39, 0.29) is 23.1 Å². The van der Waals surface area contributed by atoms with Gasteiger partial charge in [-0.15, -0.1) is 0 Å². The molecule has 0 saturated carbocycles. The van der Waals surface area contributed by atoms with Gasteiger partial charge in [0.25, 0.3) is 11.1 Å². The van der Waals surface area contributed by atoms with Crippen molar-refractivity contribution >= 4 is 16.5 Å². The van der Waals surface area contributed by atoms with Crippen molar-refractivity contribution in [1.82, 2.24) is 29.8 Å². The molecule has 0 unspecified atom stereocenters. The Morgan fingerprint density at radius 3 is 2.49 bits per heavy atom. The number of likely N-dealkylation sites (tertiary alicyclic amines) is 1. The fourth-order valence-electron chi connectivity index (χ4n) is 6.19. The summed E-state index contributed by atoms with van der Waals surface area (Å²) in [4.78, 5) is 29.1. The van der Waals surface area contributed by atoms with Crippen LogP contribution in [-0.2, 0) is 19.1 Å². The lowest BCUT2D eigenvalue weighted by Crippen LogP contribution is -2.35. The summed E-state index contributed by atoms with van der Waals surface area (Å²) in [5, 5.41) is 27.6. The van der Waals surface area contributed by atoms with Crippen LogP contribution in [0.2, 0.25) is 0 Å². The van der Waals surface area contributed by atoms with Gasteiger partial charge in [-0.1, -0.05) is 45.0 Å². The average molecular weight is 608 g/mol. The molecule has 0 atom stereocenters. The minimum absolute atomic E-state index is 0.0619. The lowest BCUT2D eigenvalue weighted by atomic mass is 9.86. The van der Waals surface area contributed by atoms with Gasteiger partial charge in [0.1, 0.15) is 11.5 Å². The lowest BCUT2D eigenvalue weighted by Gasteiger charge is -2.32. The highest BCUT2D eigenvalue weighted by molar-refractivity contribution is 5.82. The maximum Gasteiger partial charge on any atom is 0.290 e. The maximum absolute atomic E-state index is 13.6. The maximum atomic E-state index is 13.6. The first kappa shape index (κ1) is 30.5. The standard InChI is InChI=1S/C35H41N7O3/c1-35(2,3)25-10-11-26-24(17-25)20-37-42(33(26)44)31-8-6-7-27(28(31)21-43)29-18-30(34(45)41(5)39-29)38-32-12-9-23(19-36-32)22-13-15-40(4)16-14-22/h6-12,17-18,20,22,36,38,43H,13-16,19,21H2,1-5H3. The smallest absolute Gasteiger partial charge is 0.290 e. The average Bonchev–Trinajstić information content (AvgIpc) is 3.03. The third kappa shape index (κ3) is 6.08. The van der Waals surface area contributed by atoms with Crippen LogP contribution in [0.3, 0.4) is 0 Å². The highest BCUT2D eigenvalue weighted by Gasteiger charge is 2.22. The SMILES string of the molecule is CN1CCC(C2=CC=C(Nc3cc(-c4cccc(-n5ncc6cc(C(C)(C)C)ccc6c5=O)c4CO)nn(C)c3=O)NC2)CC1. The molecule has 0 radical (unpaired) electrons. The Balaban J connectivity index is 1.34. The Bertz CT molecular complexity index is 1940. The van der Waals surface area contributed by atoms with Crippen LogP contribution in [0.1, 0.15) is 44.7 Å². The molecule has 2 aromatic heterocycles. The Kier molecular flexibility index (Phi) is 8.20. The minimum atomic E-state index is -0.356. The van der Waals surface area contributed by atoms with Crippen LogP contribution in [-0.4, -0.2) is 56.2 Å². The highest BCUT2D eigenvalue weighted by atomic mass is 16.3. The third-order valence-corrected chi connectivity index (χ3v) is 8.99. The summed E-state index contributed by atoms with van der Waals surface area (Å²) >= 11 is 0. The molecule has 2 aliphatic heterocycles. The van der Waals surface area contributed by atoms with Gasteiger partial charge in [0.15, 0.2) is 0 Å². The summed E-state index contributed by atoms with van der Waals surface area (Å²) in [5.74, 6) is 1.31. The molecular weight excluding hydrogens is 566 g/mol. The van der Waals surface area contributed by atoms with Gasteiger partial charge in [-0.2, -0.15) is 14.9 Å². The molecule has 3 N–H and O–H groups in total. The minimum Gasteiger partial charge on any atom is -0.392 e. The number of anilines is 1. The second-order valence-corrected chi connectivity index (χ2v) is 13.1. The number of fused-ring (bicyclic) bond motifs is 1. The van der Waals surface area contributed by atoms with E-state index in [4.69, 9.17) is 0 Å². The van der Waals surface area contributed by atoms with Crippen LogP contribution >= 0.6 is 0 Å². The van der Waals surface area contributed by atoms with Crippen LogP contribution in [0.15, 0.2) is 81.8 Å². The monoisotopic (exact) mass is 607 g/mol. The quantitative estimate of drug-likeness (QED) is 0.301. The van der Waals surface area contributed by atoms with E-state index in [0.717, 1.165) is 49.2 Å². The topological polar surface area (TPSA) is 117 Å². The van der Waals surface area contributed by atoms with Gasteiger partial charge in [0.05, 0.1) is 29.6 Å². The number of nitrogens with zero attached hydrogens (tertiary/aromatic N) is 5. The van der Waals surface area contributed by atoms with Crippen molar-refractivity contribution < 1.29 is 5.11 Å². The fourth-order valence-corrected chi connectivity index (χ4v) is 6.19. The number of benzene rings is 2. The highest BCUT2D eigenvalue weighted by Crippen LogP contribution is 2.30. The van der Waals surface area contributed by atoms with Gasteiger partial charge in [-0.25, -0.2) is 4.68 Å². The molecule has 0 spiro atoms. The van der Waals surface area contributed by atoms with Gasteiger partial charge in [-0.3, -0.25) is 9.59 Å². The first-order chi connectivity index (χ1) is 21.5. The summed E-state index contributed by atoms with van der Waals surface area (Å²) < 4.78 is 2.60. The molecule has 4 heterocycles. The van der Waals surface area contributed by atoms with Crippen molar-refractivity contribution in [2.24, 2.45) is 13.0 Å². The number of aryl methyl sites for hydroxylation is 1. The molecule has 234 valence electrons. The Morgan fingerprint density at radius 2 is 1.80 bits per heavy atom. The van der Waals surface area contributed by atoms with Crippen molar-refractivity contribution in [2.45, 2.75) is 45.6 Å². The summed E-state index contributed by atoms with van der Waals surface area (Å²) in [6.07, 6.45) is 8.13. The van der Waals surface area contributed by atoms with Gasteiger partial charge in [0, 0.05) is 30.1 Å². The first-order valence-corrected chi connectivity index (χ1v) is 15.5. The number of piperidine rings is 1. The summed E-state index contributed by atoms with van der Waals surface area (Å²) in [5.41, 5.74) is 4.24. The van der Waals surface area contributed by atoms with Crippen molar-refractivity contribution in [3.8, 4) is 16.9 Å². The molecule has 2 aliphatic rings. The van der Waals surface area contributed by atoms with Gasteiger partial charge in [0.2, 0.25) is 0 Å². The molecule has 6 rings (SSSR count). The van der Waals surface area contributed by atoms with Crippen LogP contribution in [0, 0.1) is 5.92 Å². The number of hydrogen-bond acceptors (Lipinski definition) is 8. The van der Waals surface area contributed by atoms with Crippen LogP contribution in [0.25, 0.3) is 27.7 Å². The molecule has 0 amide bonds. The predicted molar refractivity (Wildman–Crippen MR) is 178 cm³/mol. The zero-order chi connectivity index (χ0) is 31.9. The van der Waals surface area contributed by atoms with Gasteiger partial charge < -0.3 is 20.6 Å². The predicted octanol–water partition coefficient (Wildman–Crippen LogP) is 4.06. The number of hydrogen-bond donors (Lipinski definition) is 3. The van der Waals surface area contributed by atoms with Crippen molar-refractivity contribution in [3.63, 3.8) is 0 Å². The summed E-state index contributed by atoms with van der Waals surface area (Å²) in [6.45, 7) is 8.97. The van der Waals surface area contributed by atoms with Crippen molar-refractivity contribution in [1.29, 1.82) is 0 Å². The zero-order valence-electron chi connectivity index (χ0n) is 26.6. The third-order valence-electron chi connectivity index (χ3n) is 8.99.